The average molecular weight is 613 g/mol. The summed E-state index contributed by atoms with van der Waals surface area (Å²) in [5.41, 5.74) is 6.04. The molecule has 0 aliphatic carbocycles. The first kappa shape index (κ1) is 30.4. The second-order valence-electron chi connectivity index (χ2n) is 12.1. The van der Waals surface area contributed by atoms with Crippen LogP contribution in [0.15, 0.2) is 58.6 Å². The monoisotopic (exact) mass is 612 g/mol. The van der Waals surface area contributed by atoms with Crippen molar-refractivity contribution in [2.45, 2.75) is 58.0 Å². The number of rotatable bonds is 9. The number of hydrogen-bond acceptors (Lipinski definition) is 8. The van der Waals surface area contributed by atoms with Crippen molar-refractivity contribution in [2.24, 2.45) is 9.98 Å². The summed E-state index contributed by atoms with van der Waals surface area (Å²) >= 11 is 0. The molecular weight excluding hydrogens is 572 g/mol. The van der Waals surface area contributed by atoms with E-state index >= 15 is 0 Å². The first-order valence-corrected chi connectivity index (χ1v) is 15.4. The van der Waals surface area contributed by atoms with E-state index in [4.69, 9.17) is 28.9 Å². The van der Waals surface area contributed by atoms with Crippen molar-refractivity contribution in [1.82, 2.24) is 9.80 Å². The predicted molar refractivity (Wildman–Crippen MR) is 173 cm³/mol. The molecular formula is C35H40N4O6. The van der Waals surface area contributed by atoms with Crippen LogP contribution in [-0.2, 0) is 4.74 Å². The van der Waals surface area contributed by atoms with Gasteiger partial charge in [-0.2, -0.15) is 0 Å². The number of nitrogens with zero attached hydrogens (tertiary/aromatic N) is 4. The summed E-state index contributed by atoms with van der Waals surface area (Å²) in [6.45, 7) is 14.1. The van der Waals surface area contributed by atoms with Gasteiger partial charge < -0.3 is 28.7 Å². The second-order valence-corrected chi connectivity index (χ2v) is 12.1. The normalized spacial score (nSPS) is 20.4. The van der Waals surface area contributed by atoms with Crippen LogP contribution in [0.1, 0.15) is 65.3 Å². The molecule has 0 radical (unpaired) electrons. The summed E-state index contributed by atoms with van der Waals surface area (Å²) in [6.07, 6.45) is 3.92. The van der Waals surface area contributed by atoms with Crippen LogP contribution < -0.4 is 14.2 Å². The van der Waals surface area contributed by atoms with Crippen molar-refractivity contribution in [3.63, 3.8) is 0 Å². The highest BCUT2D eigenvalue weighted by atomic mass is 16.5. The molecule has 4 aliphatic rings. The third kappa shape index (κ3) is 5.81. The number of aryl methyl sites for hydroxylation is 1. The molecule has 2 aromatic carbocycles. The average Bonchev–Trinajstić information content (AvgIpc) is 3.57. The Morgan fingerprint density at radius 3 is 1.98 bits per heavy atom. The molecule has 236 valence electrons. The van der Waals surface area contributed by atoms with Gasteiger partial charge in [0.1, 0.15) is 11.8 Å². The number of carbonyl (C=O) groups is 2. The summed E-state index contributed by atoms with van der Waals surface area (Å²) in [6, 6.07) is 6.95. The number of aliphatic imine (C=N–C) groups is 2. The lowest BCUT2D eigenvalue weighted by Crippen LogP contribution is -2.39. The van der Waals surface area contributed by atoms with E-state index in [-0.39, 0.29) is 23.9 Å². The van der Waals surface area contributed by atoms with E-state index in [1.165, 1.54) is 0 Å². The van der Waals surface area contributed by atoms with Crippen molar-refractivity contribution in [3.05, 3.63) is 65.3 Å². The van der Waals surface area contributed by atoms with Crippen LogP contribution >= 0.6 is 0 Å². The van der Waals surface area contributed by atoms with Gasteiger partial charge in [-0.3, -0.25) is 14.6 Å². The lowest BCUT2D eigenvalue weighted by Gasteiger charge is -2.22. The maximum absolute atomic E-state index is 13.3. The van der Waals surface area contributed by atoms with E-state index in [1.807, 2.05) is 30.9 Å². The van der Waals surface area contributed by atoms with Gasteiger partial charge in [0.05, 0.1) is 56.0 Å². The highest BCUT2D eigenvalue weighted by Crippen LogP contribution is 2.40. The third-order valence-corrected chi connectivity index (χ3v) is 8.87. The Labute approximate surface area is 264 Å². The van der Waals surface area contributed by atoms with Gasteiger partial charge in [0.2, 0.25) is 5.90 Å². The van der Waals surface area contributed by atoms with Crippen LogP contribution in [0, 0.1) is 6.92 Å². The van der Waals surface area contributed by atoms with Gasteiger partial charge in [-0.05, 0) is 63.6 Å². The van der Waals surface area contributed by atoms with Gasteiger partial charge in [-0.25, -0.2) is 4.99 Å². The van der Waals surface area contributed by atoms with Crippen molar-refractivity contribution in [2.75, 3.05) is 40.5 Å². The number of ether oxygens (including phenoxy) is 4. The highest BCUT2D eigenvalue weighted by Gasteiger charge is 2.39. The molecule has 2 atom stereocenters. The van der Waals surface area contributed by atoms with Crippen LogP contribution in [0.5, 0.6) is 17.2 Å². The molecule has 4 aliphatic heterocycles. The molecule has 0 N–H and O–H groups in total. The molecule has 2 saturated heterocycles. The molecule has 2 fully saturated rings. The fourth-order valence-corrected chi connectivity index (χ4v) is 6.50. The van der Waals surface area contributed by atoms with E-state index < -0.39 is 0 Å². The number of amides is 2. The Kier molecular flexibility index (Phi) is 8.40. The zero-order valence-corrected chi connectivity index (χ0v) is 26.5. The van der Waals surface area contributed by atoms with E-state index in [2.05, 4.69) is 13.2 Å². The first-order valence-electron chi connectivity index (χ1n) is 15.4. The number of unbranched alkanes of at least 4 members (excludes halogenated alkanes) is 2. The van der Waals surface area contributed by atoms with Gasteiger partial charge in [0.15, 0.2) is 11.5 Å². The van der Waals surface area contributed by atoms with Crippen LogP contribution in [0.3, 0.4) is 0 Å². The fourth-order valence-electron chi connectivity index (χ4n) is 6.50. The number of carbonyl (C=O) groups excluding carboxylic acids is 2. The molecule has 6 rings (SSSR count). The van der Waals surface area contributed by atoms with Crippen LogP contribution in [0.25, 0.3) is 0 Å². The lowest BCUT2D eigenvalue weighted by atomic mass is 10.1. The second kappa shape index (κ2) is 12.4. The molecule has 10 nitrogen and oxygen atoms in total. The standard InChI is InChI=1S/C35H40N4O6/c1-20-12-28-23(4)36-26-17-32(31(42-5)15-25(26)35(41)38(28)18-20)45-11-9-7-8-10-44-30-16-27-24(14-22(30)3)34(40)39-19-21(2)13-29(39)33(37-27)43-6/h14-17,28-29H,1-2,7-13,18-19H2,3-6H3/t28-,29-/m0/s1. The maximum atomic E-state index is 13.3. The van der Waals surface area contributed by atoms with Crippen molar-refractivity contribution >= 4 is 34.8 Å². The van der Waals surface area contributed by atoms with Crippen LogP contribution in [-0.4, -0.2) is 85.8 Å². The highest BCUT2D eigenvalue weighted by molar-refractivity contribution is 6.07. The molecule has 0 unspecified atom stereocenters. The fraction of sp³-hybridized carbons (Fsp3) is 0.429. The van der Waals surface area contributed by atoms with Gasteiger partial charge in [0, 0.05) is 30.9 Å². The minimum absolute atomic E-state index is 0.0545. The van der Waals surface area contributed by atoms with E-state index in [9.17, 15) is 9.59 Å². The summed E-state index contributed by atoms with van der Waals surface area (Å²) in [7, 11) is 3.16. The zero-order chi connectivity index (χ0) is 31.8. The van der Waals surface area contributed by atoms with Crippen molar-refractivity contribution in [3.8, 4) is 17.2 Å². The predicted octanol–water partition coefficient (Wildman–Crippen LogP) is 5.97. The molecule has 0 spiro atoms. The Hall–Kier alpha value is -4.60. The number of methoxy groups -OCH3 is 2. The lowest BCUT2D eigenvalue weighted by molar-refractivity contribution is 0.0762. The Morgan fingerprint density at radius 2 is 1.31 bits per heavy atom. The van der Waals surface area contributed by atoms with E-state index in [0.717, 1.165) is 48.1 Å². The Balaban J connectivity index is 1.04. The van der Waals surface area contributed by atoms with E-state index in [0.29, 0.717) is 78.4 Å². The first-order chi connectivity index (χ1) is 21.7. The molecule has 10 heteroatoms. The molecule has 45 heavy (non-hydrogen) atoms. The molecule has 0 saturated carbocycles. The summed E-state index contributed by atoms with van der Waals surface area (Å²) in [5, 5.41) is 0. The Morgan fingerprint density at radius 1 is 0.733 bits per heavy atom. The third-order valence-electron chi connectivity index (χ3n) is 8.87. The Bertz CT molecular complexity index is 1640. The SMILES string of the molecule is C=C1C[C@H]2C(C)=Nc3cc(OCCCCCOc4cc5c(cc4C)C(=O)N4CC(=C)C[C@H]4C(OC)=N5)c(OC)cc3C(=O)N2C1. The molecule has 2 amide bonds. The number of fused-ring (bicyclic) bond motifs is 4. The topological polar surface area (TPSA) is 102 Å². The molecule has 2 aromatic rings. The smallest absolute Gasteiger partial charge is 0.257 e. The van der Waals surface area contributed by atoms with Crippen molar-refractivity contribution in [1.29, 1.82) is 0 Å². The summed E-state index contributed by atoms with van der Waals surface area (Å²) in [5.74, 6) is 2.17. The summed E-state index contributed by atoms with van der Waals surface area (Å²) < 4.78 is 23.4. The minimum atomic E-state index is -0.224. The molecule has 0 aromatic heterocycles. The maximum Gasteiger partial charge on any atom is 0.257 e. The van der Waals surface area contributed by atoms with Gasteiger partial charge in [0.25, 0.3) is 11.8 Å². The van der Waals surface area contributed by atoms with E-state index in [1.54, 1.807) is 31.3 Å². The van der Waals surface area contributed by atoms with Crippen molar-refractivity contribution < 1.29 is 28.5 Å². The quantitative estimate of drug-likeness (QED) is 0.256. The van der Waals surface area contributed by atoms with Crippen LogP contribution in [0.4, 0.5) is 11.4 Å². The van der Waals surface area contributed by atoms with Gasteiger partial charge >= 0.3 is 0 Å². The van der Waals surface area contributed by atoms with Crippen LogP contribution in [0.2, 0.25) is 0 Å². The number of benzene rings is 2. The number of hydrogen-bond donors (Lipinski definition) is 0. The largest absolute Gasteiger partial charge is 0.493 e. The minimum Gasteiger partial charge on any atom is -0.493 e. The summed E-state index contributed by atoms with van der Waals surface area (Å²) in [4.78, 5) is 39.8. The molecule has 0 bridgehead atoms. The molecule has 4 heterocycles. The van der Waals surface area contributed by atoms with Gasteiger partial charge in [-0.15, -0.1) is 0 Å². The zero-order valence-electron chi connectivity index (χ0n) is 26.5. The van der Waals surface area contributed by atoms with Gasteiger partial charge in [-0.1, -0.05) is 24.3 Å².